The van der Waals surface area contributed by atoms with Crippen LogP contribution >= 0.6 is 0 Å². The van der Waals surface area contributed by atoms with E-state index in [1.165, 1.54) is 0 Å². The fourth-order valence-corrected chi connectivity index (χ4v) is 3.98. The molecule has 26 heavy (non-hydrogen) atoms. The highest BCUT2D eigenvalue weighted by atomic mass is 32.2. The Bertz CT molecular complexity index is 688. The molecule has 1 aromatic rings. The van der Waals surface area contributed by atoms with Gasteiger partial charge in [0.05, 0.1) is 24.1 Å². The van der Waals surface area contributed by atoms with Crippen LogP contribution in [0, 0.1) is 12.8 Å². The Kier molecular flexibility index (Phi) is 7.60. The molecule has 1 aliphatic rings. The van der Waals surface area contributed by atoms with Crippen LogP contribution < -0.4 is 10.0 Å². The molecule has 1 amide bonds. The molecule has 1 aliphatic carbocycles. The maximum Gasteiger partial charge on any atom is 0.223 e. The third-order valence-electron chi connectivity index (χ3n) is 4.52. The third-order valence-corrected chi connectivity index (χ3v) is 5.94. The van der Waals surface area contributed by atoms with Gasteiger partial charge in [0.1, 0.15) is 0 Å². The van der Waals surface area contributed by atoms with Gasteiger partial charge in [-0.3, -0.25) is 4.79 Å². The number of nitrogens with zero attached hydrogens (tertiary/aromatic N) is 1. The minimum absolute atomic E-state index is 0.00566. The van der Waals surface area contributed by atoms with Gasteiger partial charge in [-0.05, 0) is 39.5 Å². The molecule has 148 valence electrons. The van der Waals surface area contributed by atoms with E-state index in [2.05, 4.69) is 15.2 Å². The highest BCUT2D eigenvalue weighted by Crippen LogP contribution is 2.28. The van der Waals surface area contributed by atoms with Crippen molar-refractivity contribution in [1.82, 2.24) is 15.2 Å². The zero-order valence-electron chi connectivity index (χ0n) is 15.7. The van der Waals surface area contributed by atoms with Gasteiger partial charge in [-0.2, -0.15) is 0 Å². The number of aryl methyl sites for hydroxylation is 1. The molecule has 3 atom stereocenters. The van der Waals surface area contributed by atoms with Crippen LogP contribution in [-0.4, -0.2) is 44.0 Å². The smallest absolute Gasteiger partial charge is 0.223 e. The molecule has 2 N–H and O–H groups in total. The van der Waals surface area contributed by atoms with E-state index in [0.29, 0.717) is 31.6 Å². The first kappa shape index (κ1) is 20.9. The van der Waals surface area contributed by atoms with Crippen LogP contribution in [0.15, 0.2) is 10.6 Å². The number of carbonyl (C=O) groups is 1. The van der Waals surface area contributed by atoms with Crippen LogP contribution in [0.3, 0.4) is 0 Å². The lowest BCUT2D eigenvalue weighted by Crippen LogP contribution is -2.50. The number of ether oxygens (including phenoxy) is 1. The molecule has 0 spiro atoms. The van der Waals surface area contributed by atoms with E-state index in [1.54, 1.807) is 13.0 Å². The Morgan fingerprint density at radius 1 is 1.38 bits per heavy atom. The van der Waals surface area contributed by atoms with Crippen molar-refractivity contribution in [2.45, 2.75) is 65.1 Å². The van der Waals surface area contributed by atoms with Gasteiger partial charge >= 0.3 is 0 Å². The minimum atomic E-state index is -3.36. The average Bonchev–Trinajstić information content (AvgIpc) is 3.03. The zero-order valence-corrected chi connectivity index (χ0v) is 16.5. The van der Waals surface area contributed by atoms with E-state index in [0.717, 1.165) is 12.1 Å². The molecule has 0 aromatic carbocycles. The number of nitrogens with one attached hydrogen (secondary N) is 2. The summed E-state index contributed by atoms with van der Waals surface area (Å²) < 4.78 is 37.6. The Morgan fingerprint density at radius 2 is 2.15 bits per heavy atom. The molecule has 8 nitrogen and oxygen atoms in total. The third kappa shape index (κ3) is 6.07. The fraction of sp³-hybridized carbons (Fsp3) is 0.765. The van der Waals surface area contributed by atoms with E-state index in [4.69, 9.17) is 9.26 Å². The lowest BCUT2D eigenvalue weighted by Gasteiger charge is -2.35. The van der Waals surface area contributed by atoms with E-state index < -0.39 is 10.0 Å². The van der Waals surface area contributed by atoms with Crippen molar-refractivity contribution in [1.29, 1.82) is 0 Å². The Labute approximate surface area is 155 Å². The lowest BCUT2D eigenvalue weighted by molar-refractivity contribution is -0.127. The summed E-state index contributed by atoms with van der Waals surface area (Å²) in [4.78, 5) is 12.5. The van der Waals surface area contributed by atoms with Crippen LogP contribution in [0.25, 0.3) is 0 Å². The highest BCUT2D eigenvalue weighted by molar-refractivity contribution is 7.89. The molecule has 0 bridgehead atoms. The number of rotatable bonds is 9. The highest BCUT2D eigenvalue weighted by Gasteiger charge is 2.36. The van der Waals surface area contributed by atoms with Crippen molar-refractivity contribution in [2.24, 2.45) is 5.92 Å². The summed E-state index contributed by atoms with van der Waals surface area (Å²) >= 11 is 0. The molecule has 1 heterocycles. The van der Waals surface area contributed by atoms with Crippen molar-refractivity contribution < 1.29 is 22.5 Å². The summed E-state index contributed by atoms with van der Waals surface area (Å²) in [6, 6.07) is 1.39. The fourth-order valence-electron chi connectivity index (χ4n) is 3.11. The standard InChI is InChI=1S/C17H29N3O5S/c1-4-8-24-16-7-6-13(10-15(16)20-26(22,23)5-2)17(21)18-11-14-9-12(3)19-25-14/h9,13,15-16,20H,4-8,10-11H2,1-3H3,(H,18,21)/t13-,15+,16+/m0/s1. The molecule has 0 unspecified atom stereocenters. The zero-order chi connectivity index (χ0) is 19.2. The monoisotopic (exact) mass is 387 g/mol. The topological polar surface area (TPSA) is 111 Å². The molecule has 9 heteroatoms. The largest absolute Gasteiger partial charge is 0.377 e. The quantitative estimate of drug-likeness (QED) is 0.664. The maximum absolute atomic E-state index is 12.5. The number of hydrogen-bond acceptors (Lipinski definition) is 6. The molecule has 1 fully saturated rings. The average molecular weight is 388 g/mol. The van der Waals surface area contributed by atoms with Crippen molar-refractivity contribution in [3.8, 4) is 0 Å². The SMILES string of the molecule is CCCO[C@@H]1CC[C@H](C(=O)NCc2cc(C)no2)C[C@H]1NS(=O)(=O)CC. The normalized spacial score (nSPS) is 23.7. The van der Waals surface area contributed by atoms with Crippen LogP contribution in [0.2, 0.25) is 0 Å². The van der Waals surface area contributed by atoms with E-state index in [1.807, 2.05) is 13.8 Å². The molecule has 1 aromatic heterocycles. The number of hydrogen-bond donors (Lipinski definition) is 2. The number of amides is 1. The van der Waals surface area contributed by atoms with Crippen LogP contribution in [0.4, 0.5) is 0 Å². The lowest BCUT2D eigenvalue weighted by atomic mass is 9.83. The molecule has 0 aliphatic heterocycles. The Morgan fingerprint density at radius 3 is 2.77 bits per heavy atom. The molecule has 2 rings (SSSR count). The Hall–Kier alpha value is -1.45. The molecule has 0 radical (unpaired) electrons. The van der Waals surface area contributed by atoms with E-state index in [-0.39, 0.29) is 36.3 Å². The molecular formula is C17H29N3O5S. The van der Waals surface area contributed by atoms with Gasteiger partial charge in [-0.15, -0.1) is 0 Å². The minimum Gasteiger partial charge on any atom is -0.377 e. The van der Waals surface area contributed by atoms with Gasteiger partial charge in [0.15, 0.2) is 5.76 Å². The molecule has 0 saturated heterocycles. The molecular weight excluding hydrogens is 358 g/mol. The first-order valence-corrected chi connectivity index (χ1v) is 10.8. The van der Waals surface area contributed by atoms with Crippen molar-refractivity contribution in [2.75, 3.05) is 12.4 Å². The van der Waals surface area contributed by atoms with Crippen molar-refractivity contribution in [3.05, 3.63) is 17.5 Å². The predicted octanol–water partition coefficient (Wildman–Crippen LogP) is 1.50. The maximum atomic E-state index is 12.5. The summed E-state index contributed by atoms with van der Waals surface area (Å²) in [5, 5.41) is 6.63. The summed E-state index contributed by atoms with van der Waals surface area (Å²) in [5.74, 6) is 0.240. The molecule has 1 saturated carbocycles. The van der Waals surface area contributed by atoms with Gasteiger partial charge in [-0.25, -0.2) is 13.1 Å². The van der Waals surface area contributed by atoms with Gasteiger partial charge < -0.3 is 14.6 Å². The van der Waals surface area contributed by atoms with Crippen LogP contribution in [0.5, 0.6) is 0 Å². The first-order valence-electron chi connectivity index (χ1n) is 9.16. The summed E-state index contributed by atoms with van der Waals surface area (Å²) in [6.07, 6.45) is 2.41. The van der Waals surface area contributed by atoms with Gasteiger partial charge in [0, 0.05) is 24.6 Å². The first-order chi connectivity index (χ1) is 12.3. The van der Waals surface area contributed by atoms with Crippen molar-refractivity contribution in [3.63, 3.8) is 0 Å². The van der Waals surface area contributed by atoms with Crippen LogP contribution in [0.1, 0.15) is 51.0 Å². The summed E-state index contributed by atoms with van der Waals surface area (Å²) in [7, 11) is -3.36. The summed E-state index contributed by atoms with van der Waals surface area (Å²) in [6.45, 7) is 6.27. The number of sulfonamides is 1. The van der Waals surface area contributed by atoms with Crippen LogP contribution in [-0.2, 0) is 26.1 Å². The van der Waals surface area contributed by atoms with Gasteiger partial charge in [-0.1, -0.05) is 12.1 Å². The predicted molar refractivity (Wildman–Crippen MR) is 96.8 cm³/mol. The second-order valence-corrected chi connectivity index (χ2v) is 8.74. The number of carbonyl (C=O) groups excluding carboxylic acids is 1. The van der Waals surface area contributed by atoms with Gasteiger partial charge in [0.25, 0.3) is 0 Å². The second-order valence-electron chi connectivity index (χ2n) is 6.70. The second kappa shape index (κ2) is 9.48. The Balaban J connectivity index is 1.96. The van der Waals surface area contributed by atoms with E-state index in [9.17, 15) is 13.2 Å². The van der Waals surface area contributed by atoms with Gasteiger partial charge in [0.2, 0.25) is 15.9 Å². The number of aromatic nitrogens is 1. The van der Waals surface area contributed by atoms with E-state index >= 15 is 0 Å². The van der Waals surface area contributed by atoms with Crippen molar-refractivity contribution >= 4 is 15.9 Å². The summed E-state index contributed by atoms with van der Waals surface area (Å²) in [5.41, 5.74) is 0.761.